The van der Waals surface area contributed by atoms with Crippen LogP contribution >= 0.6 is 0 Å². The van der Waals surface area contributed by atoms with E-state index >= 15 is 0 Å². The minimum absolute atomic E-state index is 0.0251. The molecule has 3 aromatic rings. The van der Waals surface area contributed by atoms with Gasteiger partial charge in [-0.3, -0.25) is 9.47 Å². The highest BCUT2D eigenvalue weighted by molar-refractivity contribution is 5.86. The summed E-state index contributed by atoms with van der Waals surface area (Å²) < 4.78 is 41.3. The number of halogens is 3. The highest BCUT2D eigenvalue weighted by Crippen LogP contribution is 2.35. The molecular formula is C29H33F3N8O. The van der Waals surface area contributed by atoms with Gasteiger partial charge in [-0.25, -0.2) is 9.78 Å². The lowest BCUT2D eigenvalue weighted by molar-refractivity contribution is -0.137. The van der Waals surface area contributed by atoms with Crippen LogP contribution < -0.4 is 15.9 Å². The summed E-state index contributed by atoms with van der Waals surface area (Å²) in [5, 5.41) is 21.7. The van der Waals surface area contributed by atoms with Crippen molar-refractivity contribution in [3.8, 4) is 12.1 Å². The fourth-order valence-electron chi connectivity index (χ4n) is 5.50. The monoisotopic (exact) mass is 566 g/mol. The van der Waals surface area contributed by atoms with Gasteiger partial charge in [0.05, 0.1) is 17.1 Å². The lowest BCUT2D eigenvalue weighted by atomic mass is 9.95. The molecule has 9 nitrogen and oxygen atoms in total. The average molecular weight is 567 g/mol. The van der Waals surface area contributed by atoms with E-state index in [1.807, 2.05) is 6.92 Å². The molecule has 3 atom stereocenters. The Morgan fingerprint density at radius 2 is 1.76 bits per heavy atom. The van der Waals surface area contributed by atoms with Crippen LogP contribution in [0.2, 0.25) is 0 Å². The number of pyridine rings is 1. The SMILES string of the molecule is CC[C@H]1CN(C(CNCCC#N)c2ccc(C(F)(F)F)cc2)[C@H](CC)CN1c1nc(=O)n(C)c2ccc(C#N)nc12. The number of alkyl halides is 3. The summed E-state index contributed by atoms with van der Waals surface area (Å²) in [6, 6.07) is 12.4. The topological polar surface area (TPSA) is 114 Å². The van der Waals surface area contributed by atoms with Crippen LogP contribution in [0.1, 0.15) is 56.0 Å². The Morgan fingerprint density at radius 1 is 1.05 bits per heavy atom. The van der Waals surface area contributed by atoms with E-state index in [0.29, 0.717) is 55.9 Å². The highest BCUT2D eigenvalue weighted by atomic mass is 19.4. The van der Waals surface area contributed by atoms with Gasteiger partial charge in [0.1, 0.15) is 17.3 Å². The fourth-order valence-corrected chi connectivity index (χ4v) is 5.50. The first-order chi connectivity index (χ1) is 19.6. The number of fused-ring (bicyclic) bond motifs is 1. The van der Waals surface area contributed by atoms with Crippen LogP contribution in [0.3, 0.4) is 0 Å². The van der Waals surface area contributed by atoms with Crippen molar-refractivity contribution in [2.45, 2.75) is 57.4 Å². The van der Waals surface area contributed by atoms with E-state index < -0.39 is 17.4 Å². The van der Waals surface area contributed by atoms with Gasteiger partial charge in [-0.15, -0.1) is 0 Å². The summed E-state index contributed by atoms with van der Waals surface area (Å²) in [6.07, 6.45) is -2.65. The fraction of sp³-hybridized carbons (Fsp3) is 0.483. The van der Waals surface area contributed by atoms with Crippen LogP contribution in [0.5, 0.6) is 0 Å². The van der Waals surface area contributed by atoms with Gasteiger partial charge in [-0.05, 0) is 42.7 Å². The zero-order valence-electron chi connectivity index (χ0n) is 23.3. The van der Waals surface area contributed by atoms with Gasteiger partial charge < -0.3 is 10.2 Å². The molecule has 41 heavy (non-hydrogen) atoms. The Morgan fingerprint density at radius 3 is 2.37 bits per heavy atom. The largest absolute Gasteiger partial charge is 0.416 e. The van der Waals surface area contributed by atoms with Gasteiger partial charge in [0.15, 0.2) is 5.82 Å². The van der Waals surface area contributed by atoms with Crippen molar-refractivity contribution >= 4 is 16.9 Å². The summed E-state index contributed by atoms with van der Waals surface area (Å²) in [6.45, 7) is 6.10. The number of aryl methyl sites for hydroxylation is 1. The van der Waals surface area contributed by atoms with E-state index in [1.54, 1.807) is 19.2 Å². The van der Waals surface area contributed by atoms with E-state index in [-0.39, 0.29) is 23.8 Å². The minimum Gasteiger partial charge on any atom is -0.349 e. The molecule has 1 aliphatic rings. The number of benzene rings is 1. The molecule has 0 amide bonds. The van der Waals surface area contributed by atoms with Gasteiger partial charge in [0.2, 0.25) is 0 Å². The number of nitriles is 2. The first-order valence-corrected chi connectivity index (χ1v) is 13.7. The van der Waals surface area contributed by atoms with Gasteiger partial charge in [-0.1, -0.05) is 26.0 Å². The zero-order chi connectivity index (χ0) is 29.7. The number of hydrogen-bond acceptors (Lipinski definition) is 8. The molecule has 4 rings (SSSR count). The van der Waals surface area contributed by atoms with Crippen LogP contribution in [0.4, 0.5) is 19.0 Å². The molecule has 1 aliphatic heterocycles. The Labute approximate surface area is 236 Å². The summed E-state index contributed by atoms with van der Waals surface area (Å²) in [4.78, 5) is 26.1. The third kappa shape index (κ3) is 6.34. The molecule has 0 bridgehead atoms. The van der Waals surface area contributed by atoms with E-state index in [0.717, 1.165) is 24.1 Å². The van der Waals surface area contributed by atoms with Gasteiger partial charge in [0, 0.05) is 57.8 Å². The standard InChI is InChI=1S/C29H33F3N8O/c1-4-22-18-40(27-26-24(38(3)28(41)37-27)12-11-21(15-34)36-26)23(5-2)17-39(22)25(16-35-14-6-13-33)19-7-9-20(10-8-19)29(30,31)32/h7-12,22-23,25,35H,4-6,14,16-18H2,1-3H3/t22-,23+,25?/m1/s1. The van der Waals surface area contributed by atoms with Crippen LogP contribution in [0.25, 0.3) is 11.0 Å². The number of nitrogens with zero attached hydrogens (tertiary/aromatic N) is 7. The molecule has 12 heteroatoms. The van der Waals surface area contributed by atoms with E-state index in [4.69, 9.17) is 5.26 Å². The first-order valence-electron chi connectivity index (χ1n) is 13.7. The van der Waals surface area contributed by atoms with Crippen molar-refractivity contribution in [1.82, 2.24) is 24.8 Å². The summed E-state index contributed by atoms with van der Waals surface area (Å²) in [7, 11) is 1.62. The van der Waals surface area contributed by atoms with E-state index in [9.17, 15) is 23.2 Å². The number of rotatable bonds is 9. The van der Waals surface area contributed by atoms with Crippen molar-refractivity contribution in [3.05, 3.63) is 63.7 Å². The number of nitrogens with one attached hydrogen (secondary N) is 1. The maximum atomic E-state index is 13.3. The molecule has 0 spiro atoms. The minimum atomic E-state index is -4.42. The summed E-state index contributed by atoms with van der Waals surface area (Å²) in [5.41, 5.74) is 0.909. The second kappa shape index (κ2) is 12.7. The predicted molar refractivity (Wildman–Crippen MR) is 149 cm³/mol. The highest BCUT2D eigenvalue weighted by Gasteiger charge is 2.38. The molecule has 216 valence electrons. The van der Waals surface area contributed by atoms with Crippen molar-refractivity contribution in [2.24, 2.45) is 7.05 Å². The van der Waals surface area contributed by atoms with Crippen LogP contribution in [-0.4, -0.2) is 57.7 Å². The smallest absolute Gasteiger partial charge is 0.349 e. The quantitative estimate of drug-likeness (QED) is 0.385. The van der Waals surface area contributed by atoms with Gasteiger partial charge in [-0.2, -0.15) is 28.7 Å². The molecule has 1 N–H and O–H groups in total. The Balaban J connectivity index is 1.73. The Kier molecular flexibility index (Phi) is 9.26. The van der Waals surface area contributed by atoms with Gasteiger partial charge in [0.25, 0.3) is 0 Å². The number of piperazine rings is 1. The molecule has 1 unspecified atom stereocenters. The molecule has 1 saturated heterocycles. The molecular weight excluding hydrogens is 533 g/mol. The van der Waals surface area contributed by atoms with Crippen LogP contribution in [-0.2, 0) is 13.2 Å². The normalized spacial score (nSPS) is 18.7. The predicted octanol–water partition coefficient (Wildman–Crippen LogP) is 4.14. The second-order valence-corrected chi connectivity index (χ2v) is 10.2. The lowest BCUT2D eigenvalue weighted by Crippen LogP contribution is -2.60. The second-order valence-electron chi connectivity index (χ2n) is 10.2. The maximum Gasteiger partial charge on any atom is 0.416 e. The van der Waals surface area contributed by atoms with Crippen molar-refractivity contribution in [3.63, 3.8) is 0 Å². The molecule has 1 aromatic carbocycles. The number of aromatic nitrogens is 3. The molecule has 0 radical (unpaired) electrons. The molecule has 3 heterocycles. The first kappa shape index (κ1) is 30.0. The third-order valence-corrected chi connectivity index (χ3v) is 7.78. The molecule has 0 aliphatic carbocycles. The molecule has 2 aromatic heterocycles. The van der Waals surface area contributed by atoms with E-state index in [1.165, 1.54) is 16.7 Å². The molecule has 1 fully saturated rings. The van der Waals surface area contributed by atoms with Crippen molar-refractivity contribution in [2.75, 3.05) is 31.1 Å². The maximum absolute atomic E-state index is 13.3. The Hall–Kier alpha value is -4.00. The van der Waals surface area contributed by atoms with Crippen molar-refractivity contribution in [1.29, 1.82) is 10.5 Å². The molecule has 0 saturated carbocycles. The average Bonchev–Trinajstić information content (AvgIpc) is 2.98. The Bertz CT molecular complexity index is 1510. The number of hydrogen-bond donors (Lipinski definition) is 1. The van der Waals surface area contributed by atoms with Gasteiger partial charge >= 0.3 is 11.9 Å². The van der Waals surface area contributed by atoms with Crippen molar-refractivity contribution < 1.29 is 13.2 Å². The number of anilines is 1. The van der Waals surface area contributed by atoms with E-state index in [2.05, 4.69) is 44.1 Å². The lowest BCUT2D eigenvalue weighted by Gasteiger charge is -2.49. The summed E-state index contributed by atoms with van der Waals surface area (Å²) >= 11 is 0. The zero-order valence-corrected chi connectivity index (χ0v) is 23.3. The summed E-state index contributed by atoms with van der Waals surface area (Å²) in [5.74, 6) is 0.434. The van der Waals surface area contributed by atoms with Crippen LogP contribution in [0, 0.1) is 22.7 Å². The van der Waals surface area contributed by atoms with Crippen LogP contribution in [0.15, 0.2) is 41.2 Å². The third-order valence-electron chi connectivity index (χ3n) is 7.78.